The van der Waals surface area contributed by atoms with Gasteiger partial charge in [0.05, 0.1) is 12.6 Å². The lowest BCUT2D eigenvalue weighted by Gasteiger charge is -2.34. The molecule has 1 saturated carbocycles. The van der Waals surface area contributed by atoms with Crippen LogP contribution < -0.4 is 0 Å². The molecule has 0 aromatic rings. The van der Waals surface area contributed by atoms with E-state index < -0.39 is 0 Å². The van der Waals surface area contributed by atoms with Crippen LogP contribution in [0.2, 0.25) is 0 Å². The van der Waals surface area contributed by atoms with Crippen LogP contribution in [0.1, 0.15) is 39.0 Å². The lowest BCUT2D eigenvalue weighted by atomic mass is 9.91. The lowest BCUT2D eigenvalue weighted by molar-refractivity contribution is -0.120. The minimum Gasteiger partial charge on any atom is -0.391 e. The summed E-state index contributed by atoms with van der Waals surface area (Å²) in [6.45, 7) is 2.37. The van der Waals surface area contributed by atoms with Gasteiger partial charge in [-0.15, -0.1) is 0 Å². The van der Waals surface area contributed by atoms with Crippen molar-refractivity contribution in [2.24, 2.45) is 0 Å². The molecule has 0 amide bonds. The first kappa shape index (κ1) is 11.7. The second-order valence-electron chi connectivity index (χ2n) is 4.23. The van der Waals surface area contributed by atoms with Crippen molar-refractivity contribution in [3.8, 4) is 0 Å². The van der Waals surface area contributed by atoms with E-state index in [2.05, 4.69) is 0 Å². The molecule has 1 N–H and O–H groups in total. The Morgan fingerprint density at radius 1 is 1.43 bits per heavy atom. The van der Waals surface area contributed by atoms with Crippen LogP contribution in [-0.2, 0) is 4.79 Å². The first-order chi connectivity index (χ1) is 6.65. The number of aliphatic hydroxyl groups is 1. The van der Waals surface area contributed by atoms with E-state index in [4.69, 9.17) is 0 Å². The Balaban J connectivity index is 2.41. The fourth-order valence-electron chi connectivity index (χ4n) is 2.11. The number of rotatable bonds is 4. The third-order valence-corrected chi connectivity index (χ3v) is 3.08. The van der Waals surface area contributed by atoms with E-state index in [-0.39, 0.29) is 17.9 Å². The van der Waals surface area contributed by atoms with Crippen molar-refractivity contribution in [1.82, 2.24) is 4.90 Å². The molecular formula is C11H21NO2. The minimum absolute atomic E-state index is 0.194. The number of aliphatic hydroxyl groups excluding tert-OH is 1. The molecule has 14 heavy (non-hydrogen) atoms. The standard InChI is InChI=1S/C11H21NO2/c1-3-9(13)8-12(2)10-6-4-5-7-11(10)14/h10-11,14H,3-8H2,1-2H3. The van der Waals surface area contributed by atoms with E-state index in [1.165, 1.54) is 6.42 Å². The van der Waals surface area contributed by atoms with Gasteiger partial charge in [0.15, 0.2) is 0 Å². The third kappa shape index (κ3) is 3.07. The summed E-state index contributed by atoms with van der Waals surface area (Å²) in [5.41, 5.74) is 0. The maximum atomic E-state index is 11.2. The molecular weight excluding hydrogens is 178 g/mol. The summed E-state index contributed by atoms with van der Waals surface area (Å²) in [4.78, 5) is 13.3. The number of likely N-dealkylation sites (N-methyl/N-ethyl adjacent to an activating group) is 1. The van der Waals surface area contributed by atoms with E-state index >= 15 is 0 Å². The van der Waals surface area contributed by atoms with Gasteiger partial charge in [-0.05, 0) is 19.9 Å². The molecule has 0 saturated heterocycles. The van der Waals surface area contributed by atoms with Gasteiger partial charge in [0.2, 0.25) is 0 Å². The van der Waals surface area contributed by atoms with Gasteiger partial charge in [-0.2, -0.15) is 0 Å². The molecule has 0 spiro atoms. The molecule has 2 atom stereocenters. The van der Waals surface area contributed by atoms with Gasteiger partial charge in [-0.1, -0.05) is 19.8 Å². The fraction of sp³-hybridized carbons (Fsp3) is 0.909. The van der Waals surface area contributed by atoms with Crippen LogP contribution in [0.25, 0.3) is 0 Å². The van der Waals surface area contributed by atoms with Crippen LogP contribution in [0.3, 0.4) is 0 Å². The second-order valence-corrected chi connectivity index (χ2v) is 4.23. The summed E-state index contributed by atoms with van der Waals surface area (Å²) in [5.74, 6) is 0.255. The molecule has 0 aliphatic heterocycles. The van der Waals surface area contributed by atoms with E-state index in [1.54, 1.807) is 0 Å². The Bertz CT molecular complexity index is 194. The Labute approximate surface area is 86.1 Å². The SMILES string of the molecule is CCC(=O)CN(C)C1CCCCC1O. The van der Waals surface area contributed by atoms with Gasteiger partial charge < -0.3 is 5.11 Å². The van der Waals surface area contributed by atoms with E-state index in [0.29, 0.717) is 13.0 Å². The zero-order valence-corrected chi connectivity index (χ0v) is 9.20. The highest BCUT2D eigenvalue weighted by Crippen LogP contribution is 2.22. The minimum atomic E-state index is -0.238. The Morgan fingerprint density at radius 2 is 2.07 bits per heavy atom. The van der Waals surface area contributed by atoms with Gasteiger partial charge in [-0.3, -0.25) is 9.69 Å². The lowest BCUT2D eigenvalue weighted by Crippen LogP contribution is -2.45. The molecule has 3 nitrogen and oxygen atoms in total. The van der Waals surface area contributed by atoms with Crippen molar-refractivity contribution in [2.45, 2.75) is 51.2 Å². The van der Waals surface area contributed by atoms with Crippen molar-refractivity contribution in [2.75, 3.05) is 13.6 Å². The van der Waals surface area contributed by atoms with Crippen LogP contribution in [0.4, 0.5) is 0 Å². The highest BCUT2D eigenvalue weighted by Gasteiger charge is 2.26. The number of carbonyl (C=O) groups excluding carboxylic acids is 1. The van der Waals surface area contributed by atoms with Crippen molar-refractivity contribution < 1.29 is 9.90 Å². The number of hydrogen-bond donors (Lipinski definition) is 1. The molecule has 1 aliphatic rings. The molecule has 1 rings (SSSR count). The van der Waals surface area contributed by atoms with Crippen LogP contribution in [0, 0.1) is 0 Å². The van der Waals surface area contributed by atoms with Crippen LogP contribution in [0.5, 0.6) is 0 Å². The number of Topliss-reactive ketones (excluding diaryl/α,β-unsaturated/α-hetero) is 1. The van der Waals surface area contributed by atoms with Crippen molar-refractivity contribution in [3.05, 3.63) is 0 Å². The van der Waals surface area contributed by atoms with Gasteiger partial charge in [0.1, 0.15) is 5.78 Å². The average molecular weight is 199 g/mol. The molecule has 1 aliphatic carbocycles. The highest BCUT2D eigenvalue weighted by atomic mass is 16.3. The molecule has 0 aromatic carbocycles. The number of nitrogens with zero attached hydrogens (tertiary/aromatic N) is 1. The smallest absolute Gasteiger partial charge is 0.146 e. The van der Waals surface area contributed by atoms with Gasteiger partial charge >= 0.3 is 0 Å². The van der Waals surface area contributed by atoms with E-state index in [1.807, 2.05) is 18.9 Å². The maximum Gasteiger partial charge on any atom is 0.146 e. The average Bonchev–Trinajstić information content (AvgIpc) is 2.18. The second kappa shape index (κ2) is 5.47. The van der Waals surface area contributed by atoms with Crippen LogP contribution in [0.15, 0.2) is 0 Å². The molecule has 0 heterocycles. The summed E-state index contributed by atoms with van der Waals surface area (Å²) < 4.78 is 0. The van der Waals surface area contributed by atoms with Gasteiger partial charge in [-0.25, -0.2) is 0 Å². The van der Waals surface area contributed by atoms with Crippen LogP contribution in [-0.4, -0.2) is 41.5 Å². The van der Waals surface area contributed by atoms with Crippen LogP contribution >= 0.6 is 0 Å². The zero-order valence-electron chi connectivity index (χ0n) is 9.20. The number of ketones is 1. The molecule has 82 valence electrons. The zero-order chi connectivity index (χ0) is 10.6. The van der Waals surface area contributed by atoms with Crippen molar-refractivity contribution in [3.63, 3.8) is 0 Å². The third-order valence-electron chi connectivity index (χ3n) is 3.08. The highest BCUT2D eigenvalue weighted by molar-refractivity contribution is 5.80. The van der Waals surface area contributed by atoms with E-state index in [0.717, 1.165) is 19.3 Å². The van der Waals surface area contributed by atoms with E-state index in [9.17, 15) is 9.90 Å². The first-order valence-corrected chi connectivity index (χ1v) is 5.55. The van der Waals surface area contributed by atoms with Gasteiger partial charge in [0.25, 0.3) is 0 Å². The number of hydrogen-bond acceptors (Lipinski definition) is 3. The van der Waals surface area contributed by atoms with Crippen molar-refractivity contribution in [1.29, 1.82) is 0 Å². The molecule has 0 aromatic heterocycles. The Hall–Kier alpha value is -0.410. The monoisotopic (exact) mass is 199 g/mol. The summed E-state index contributed by atoms with van der Waals surface area (Å²) in [5, 5.41) is 9.77. The first-order valence-electron chi connectivity index (χ1n) is 5.55. The Kier molecular flexibility index (Phi) is 4.55. The maximum absolute atomic E-state index is 11.2. The summed E-state index contributed by atoms with van der Waals surface area (Å²) in [7, 11) is 1.94. The predicted molar refractivity (Wildman–Crippen MR) is 56.2 cm³/mol. The molecule has 3 heteroatoms. The normalized spacial score (nSPS) is 28.0. The molecule has 0 bridgehead atoms. The number of carbonyl (C=O) groups is 1. The molecule has 1 fully saturated rings. The molecule has 0 radical (unpaired) electrons. The van der Waals surface area contributed by atoms with Gasteiger partial charge in [0, 0.05) is 12.5 Å². The topological polar surface area (TPSA) is 40.5 Å². The summed E-state index contributed by atoms with van der Waals surface area (Å²) >= 11 is 0. The predicted octanol–water partition coefficient (Wildman–Crippen LogP) is 1.20. The molecule has 2 unspecified atom stereocenters. The fourth-order valence-corrected chi connectivity index (χ4v) is 2.11. The quantitative estimate of drug-likeness (QED) is 0.739. The Morgan fingerprint density at radius 3 is 2.64 bits per heavy atom. The van der Waals surface area contributed by atoms with Crippen molar-refractivity contribution >= 4 is 5.78 Å². The summed E-state index contributed by atoms with van der Waals surface area (Å²) in [6, 6.07) is 0.194. The largest absolute Gasteiger partial charge is 0.391 e. The summed E-state index contributed by atoms with van der Waals surface area (Å²) in [6.07, 6.45) is 4.55.